The molecule has 150 valence electrons. The van der Waals surface area contributed by atoms with Crippen LogP contribution in [0.3, 0.4) is 0 Å². The molecule has 2 aromatic carbocycles. The number of carbonyl (C=O) groups excluding carboxylic acids is 2. The van der Waals surface area contributed by atoms with Crippen molar-refractivity contribution in [2.24, 2.45) is 0 Å². The van der Waals surface area contributed by atoms with E-state index >= 15 is 0 Å². The van der Waals surface area contributed by atoms with Crippen molar-refractivity contribution in [1.82, 2.24) is 0 Å². The fraction of sp³-hybridized carbons (Fsp3) is 0.391. The first-order valence-corrected chi connectivity index (χ1v) is 9.84. The summed E-state index contributed by atoms with van der Waals surface area (Å²) in [5.41, 5.74) is 2.55. The number of nitrogens with one attached hydrogen (secondary N) is 1. The molecule has 0 aliphatic carbocycles. The molecule has 0 saturated carbocycles. The van der Waals surface area contributed by atoms with Crippen LogP contribution in [0.5, 0.6) is 5.75 Å². The Hall–Kier alpha value is -2.82. The van der Waals surface area contributed by atoms with Gasteiger partial charge in [-0.25, -0.2) is 4.79 Å². The number of rotatable bonds is 10. The van der Waals surface area contributed by atoms with Crippen LogP contribution >= 0.6 is 0 Å². The molecule has 2 rings (SSSR count). The third-order valence-electron chi connectivity index (χ3n) is 4.41. The molecule has 0 aliphatic rings. The third kappa shape index (κ3) is 7.06. The number of aryl methyl sites for hydroxylation is 1. The smallest absolute Gasteiger partial charge is 0.344 e. The average molecular weight is 383 g/mol. The molecule has 5 heteroatoms. The van der Waals surface area contributed by atoms with Crippen molar-refractivity contribution in [2.75, 3.05) is 11.9 Å². The second-order valence-electron chi connectivity index (χ2n) is 6.78. The van der Waals surface area contributed by atoms with Crippen molar-refractivity contribution in [3.8, 4) is 5.75 Å². The Morgan fingerprint density at radius 3 is 2.29 bits per heavy atom. The Morgan fingerprint density at radius 1 is 1.00 bits per heavy atom. The third-order valence-corrected chi connectivity index (χ3v) is 4.41. The van der Waals surface area contributed by atoms with Crippen LogP contribution in [0.1, 0.15) is 56.0 Å². The molecule has 1 amide bonds. The van der Waals surface area contributed by atoms with Gasteiger partial charge >= 0.3 is 5.97 Å². The summed E-state index contributed by atoms with van der Waals surface area (Å²) in [6.45, 7) is 5.80. The highest BCUT2D eigenvalue weighted by molar-refractivity contribution is 6.04. The van der Waals surface area contributed by atoms with E-state index in [9.17, 15) is 9.59 Å². The zero-order valence-electron chi connectivity index (χ0n) is 16.9. The molecule has 0 unspecified atom stereocenters. The zero-order chi connectivity index (χ0) is 20.4. The number of benzene rings is 2. The SMILES string of the molecule is CCCCc1ccc(NC(=O)c2ccc(OCC(=O)O[C@@H](C)CC)cc2)cc1. The standard InChI is InChI=1S/C23H29NO4/c1-4-6-7-18-8-12-20(13-9-18)24-23(26)19-10-14-21(15-11-19)27-16-22(25)28-17(3)5-2/h8-15,17H,4-7,16H2,1-3H3,(H,24,26)/t17-/m0/s1. The van der Waals surface area contributed by atoms with Gasteiger partial charge in [-0.05, 0) is 68.1 Å². The van der Waals surface area contributed by atoms with Gasteiger partial charge in [-0.1, -0.05) is 32.4 Å². The Kier molecular flexibility index (Phi) is 8.53. The summed E-state index contributed by atoms with van der Waals surface area (Å²) in [6, 6.07) is 14.6. The Balaban J connectivity index is 1.85. The second kappa shape index (κ2) is 11.1. The molecule has 1 N–H and O–H groups in total. The molecule has 0 radical (unpaired) electrons. The monoisotopic (exact) mass is 383 g/mol. The molecular formula is C23H29NO4. The largest absolute Gasteiger partial charge is 0.482 e. The van der Waals surface area contributed by atoms with E-state index in [1.165, 1.54) is 5.56 Å². The molecular weight excluding hydrogens is 354 g/mol. The molecule has 0 fully saturated rings. The maximum absolute atomic E-state index is 12.4. The number of anilines is 1. The lowest BCUT2D eigenvalue weighted by Crippen LogP contribution is -2.20. The lowest BCUT2D eigenvalue weighted by atomic mass is 10.1. The molecule has 0 aromatic heterocycles. The maximum Gasteiger partial charge on any atom is 0.344 e. The van der Waals surface area contributed by atoms with Crippen LogP contribution in [0, 0.1) is 0 Å². The maximum atomic E-state index is 12.4. The van der Waals surface area contributed by atoms with Crippen LogP contribution in [0.2, 0.25) is 0 Å². The minimum absolute atomic E-state index is 0.122. The van der Waals surface area contributed by atoms with Gasteiger partial charge in [0, 0.05) is 11.3 Å². The molecule has 1 atom stereocenters. The van der Waals surface area contributed by atoms with E-state index in [1.54, 1.807) is 24.3 Å². The quantitative estimate of drug-likeness (QED) is 0.586. The normalized spacial score (nSPS) is 11.5. The predicted molar refractivity (Wildman–Crippen MR) is 111 cm³/mol. The molecule has 0 heterocycles. The number of amides is 1. The van der Waals surface area contributed by atoms with Crippen molar-refractivity contribution >= 4 is 17.6 Å². The van der Waals surface area contributed by atoms with Gasteiger partial charge in [-0.2, -0.15) is 0 Å². The molecule has 0 saturated heterocycles. The molecule has 2 aromatic rings. The van der Waals surface area contributed by atoms with E-state index in [-0.39, 0.29) is 18.6 Å². The van der Waals surface area contributed by atoms with Crippen molar-refractivity contribution in [2.45, 2.75) is 52.6 Å². The van der Waals surface area contributed by atoms with E-state index < -0.39 is 5.97 Å². The fourth-order valence-electron chi connectivity index (χ4n) is 2.53. The van der Waals surface area contributed by atoms with Gasteiger partial charge in [-0.3, -0.25) is 4.79 Å². The van der Waals surface area contributed by atoms with Gasteiger partial charge < -0.3 is 14.8 Å². The lowest BCUT2D eigenvalue weighted by molar-refractivity contribution is -0.150. The van der Waals surface area contributed by atoms with Gasteiger partial charge in [0.15, 0.2) is 6.61 Å². The Morgan fingerprint density at radius 2 is 1.68 bits per heavy atom. The number of hydrogen-bond donors (Lipinski definition) is 1. The van der Waals surface area contributed by atoms with Gasteiger partial charge in [0.05, 0.1) is 6.10 Å². The van der Waals surface area contributed by atoms with E-state index in [0.717, 1.165) is 31.4 Å². The van der Waals surface area contributed by atoms with E-state index in [2.05, 4.69) is 12.2 Å². The number of ether oxygens (including phenoxy) is 2. The van der Waals surface area contributed by atoms with Crippen LogP contribution in [-0.4, -0.2) is 24.6 Å². The topological polar surface area (TPSA) is 64.6 Å². The van der Waals surface area contributed by atoms with Crippen LogP contribution in [-0.2, 0) is 16.0 Å². The summed E-state index contributed by atoms with van der Waals surface area (Å²) in [5, 5.41) is 2.89. The summed E-state index contributed by atoms with van der Waals surface area (Å²) in [5.74, 6) is -0.0829. The van der Waals surface area contributed by atoms with Crippen molar-refractivity contribution in [1.29, 1.82) is 0 Å². The summed E-state index contributed by atoms with van der Waals surface area (Å²) in [6.07, 6.45) is 4.02. The highest BCUT2D eigenvalue weighted by atomic mass is 16.6. The van der Waals surface area contributed by atoms with Crippen LogP contribution < -0.4 is 10.1 Å². The first kappa shape index (κ1) is 21.5. The zero-order valence-corrected chi connectivity index (χ0v) is 16.9. The molecule has 0 spiro atoms. The van der Waals surface area contributed by atoms with Gasteiger partial charge in [0.2, 0.25) is 0 Å². The van der Waals surface area contributed by atoms with E-state index in [0.29, 0.717) is 11.3 Å². The molecule has 5 nitrogen and oxygen atoms in total. The first-order chi connectivity index (χ1) is 13.5. The first-order valence-electron chi connectivity index (χ1n) is 9.84. The average Bonchev–Trinajstić information content (AvgIpc) is 2.72. The summed E-state index contributed by atoms with van der Waals surface area (Å²) >= 11 is 0. The minimum atomic E-state index is -0.404. The molecule has 28 heavy (non-hydrogen) atoms. The van der Waals surface area contributed by atoms with Crippen LogP contribution in [0.4, 0.5) is 5.69 Å². The van der Waals surface area contributed by atoms with Crippen molar-refractivity contribution < 1.29 is 19.1 Å². The van der Waals surface area contributed by atoms with E-state index in [4.69, 9.17) is 9.47 Å². The summed E-state index contributed by atoms with van der Waals surface area (Å²) in [4.78, 5) is 24.0. The summed E-state index contributed by atoms with van der Waals surface area (Å²) < 4.78 is 10.6. The van der Waals surface area contributed by atoms with Crippen molar-refractivity contribution in [3.05, 3.63) is 59.7 Å². The second-order valence-corrected chi connectivity index (χ2v) is 6.78. The minimum Gasteiger partial charge on any atom is -0.482 e. The number of carbonyl (C=O) groups is 2. The van der Waals surface area contributed by atoms with E-state index in [1.807, 2.05) is 38.1 Å². The highest BCUT2D eigenvalue weighted by Crippen LogP contribution is 2.16. The number of esters is 1. The molecule has 0 bridgehead atoms. The Bertz CT molecular complexity index is 753. The highest BCUT2D eigenvalue weighted by Gasteiger charge is 2.10. The Labute approximate surface area is 167 Å². The predicted octanol–water partition coefficient (Wildman–Crippen LogP) is 5.00. The molecule has 0 aliphatic heterocycles. The van der Waals surface area contributed by atoms with Crippen LogP contribution in [0.25, 0.3) is 0 Å². The van der Waals surface area contributed by atoms with Crippen molar-refractivity contribution in [3.63, 3.8) is 0 Å². The fourth-order valence-corrected chi connectivity index (χ4v) is 2.53. The number of hydrogen-bond acceptors (Lipinski definition) is 4. The number of unbranched alkanes of at least 4 members (excludes halogenated alkanes) is 1. The summed E-state index contributed by atoms with van der Waals surface area (Å²) in [7, 11) is 0. The van der Waals surface area contributed by atoms with Gasteiger partial charge in [0.25, 0.3) is 5.91 Å². The van der Waals surface area contributed by atoms with Gasteiger partial charge in [-0.15, -0.1) is 0 Å². The van der Waals surface area contributed by atoms with Gasteiger partial charge in [0.1, 0.15) is 5.75 Å². The van der Waals surface area contributed by atoms with Crippen LogP contribution in [0.15, 0.2) is 48.5 Å². The lowest BCUT2D eigenvalue weighted by Gasteiger charge is -2.11.